The molecule has 0 aliphatic heterocycles. The fourth-order valence-corrected chi connectivity index (χ4v) is 3.50. The van der Waals surface area contributed by atoms with Crippen molar-refractivity contribution in [2.75, 3.05) is 18.9 Å². The first-order valence-electron chi connectivity index (χ1n) is 8.45. The molecule has 6 nitrogen and oxygen atoms in total. The van der Waals surface area contributed by atoms with Gasteiger partial charge in [-0.25, -0.2) is 4.68 Å². The molecule has 8 heteroatoms. The van der Waals surface area contributed by atoms with Gasteiger partial charge in [-0.2, -0.15) is 0 Å². The van der Waals surface area contributed by atoms with Crippen LogP contribution in [-0.4, -0.2) is 39.7 Å². The number of benzene rings is 1. The number of aromatic nitrogens is 2. The second-order valence-electron chi connectivity index (χ2n) is 7.57. The van der Waals surface area contributed by atoms with Crippen molar-refractivity contribution in [1.29, 1.82) is 0 Å². The molecule has 0 saturated carbocycles. The van der Waals surface area contributed by atoms with Crippen molar-refractivity contribution >= 4 is 40.3 Å². The van der Waals surface area contributed by atoms with Gasteiger partial charge in [0.15, 0.2) is 3.95 Å². The van der Waals surface area contributed by atoms with Gasteiger partial charge in [0.05, 0.1) is 13.2 Å². The van der Waals surface area contributed by atoms with E-state index in [0.717, 1.165) is 16.4 Å². The lowest BCUT2D eigenvalue weighted by Gasteiger charge is -2.23. The molecule has 0 aliphatic carbocycles. The number of hydrogen-bond donors (Lipinski definition) is 2. The number of nitrogens with zero attached hydrogens (tertiary/aromatic N) is 3. The highest BCUT2D eigenvalue weighted by Gasteiger charge is 2.16. The summed E-state index contributed by atoms with van der Waals surface area (Å²) in [6, 6.07) is 6.23. The van der Waals surface area contributed by atoms with Crippen molar-refractivity contribution in [3.63, 3.8) is 0 Å². The maximum atomic E-state index is 12.0. The molecule has 2 aromatic rings. The molecule has 1 heterocycles. The normalized spacial score (nSPS) is 11.7. The van der Waals surface area contributed by atoms with E-state index in [1.165, 1.54) is 16.9 Å². The molecule has 1 aromatic carbocycles. The predicted octanol–water partition coefficient (Wildman–Crippen LogP) is 3.84. The number of carbonyl (C=O) groups is 1. The number of amides is 1. The smallest absolute Gasteiger partial charge is 0.234 e. The Bertz CT molecular complexity index is 835. The van der Waals surface area contributed by atoms with Crippen molar-refractivity contribution in [3.05, 3.63) is 33.3 Å². The lowest BCUT2D eigenvalue weighted by atomic mass is 10.1. The summed E-state index contributed by atoms with van der Waals surface area (Å²) in [5.74, 6) is -0.0182. The van der Waals surface area contributed by atoms with E-state index in [0.29, 0.717) is 10.6 Å². The third-order valence-electron chi connectivity index (χ3n) is 3.53. The van der Waals surface area contributed by atoms with E-state index in [4.69, 9.17) is 12.2 Å². The van der Waals surface area contributed by atoms with E-state index < -0.39 is 0 Å². The number of anilines is 2. The topological polar surface area (TPSA) is 62.2 Å². The largest absolute Gasteiger partial charge is 0.350 e. The molecule has 0 atom stereocenters. The average Bonchev–Trinajstić information content (AvgIpc) is 2.79. The predicted molar refractivity (Wildman–Crippen MR) is 111 cm³/mol. The summed E-state index contributed by atoms with van der Waals surface area (Å²) in [6.07, 6.45) is 0. The van der Waals surface area contributed by atoms with Gasteiger partial charge in [0, 0.05) is 11.2 Å². The van der Waals surface area contributed by atoms with E-state index in [-0.39, 0.29) is 18.0 Å². The number of nitrogens with one attached hydrogen (secondary N) is 2. The second-order valence-corrected chi connectivity index (χ2v) is 9.19. The molecule has 0 aliphatic rings. The van der Waals surface area contributed by atoms with Gasteiger partial charge in [-0.05, 0) is 65.5 Å². The zero-order valence-corrected chi connectivity index (χ0v) is 17.8. The average molecular weight is 394 g/mol. The van der Waals surface area contributed by atoms with Gasteiger partial charge in [0.25, 0.3) is 0 Å². The summed E-state index contributed by atoms with van der Waals surface area (Å²) in [5.41, 5.74) is 3.16. The first kappa shape index (κ1) is 20.5. The molecule has 1 aromatic heterocycles. The van der Waals surface area contributed by atoms with Crippen LogP contribution < -0.4 is 10.6 Å². The van der Waals surface area contributed by atoms with E-state index in [9.17, 15) is 4.79 Å². The SMILES string of the molecule is Cc1ccc(Nc2nn(CN(C)CC(=O)NC(C)(C)C)c(=S)s2)c(C)c1. The minimum Gasteiger partial charge on any atom is -0.350 e. The first-order chi connectivity index (χ1) is 12.0. The van der Waals surface area contributed by atoms with E-state index in [2.05, 4.69) is 41.7 Å². The molecular weight excluding hydrogens is 366 g/mol. The van der Waals surface area contributed by atoms with Gasteiger partial charge in [0.1, 0.15) is 0 Å². The third-order valence-corrected chi connectivity index (χ3v) is 4.76. The lowest BCUT2D eigenvalue weighted by molar-refractivity contribution is -0.123. The Kier molecular flexibility index (Phi) is 6.54. The van der Waals surface area contributed by atoms with Gasteiger partial charge < -0.3 is 10.6 Å². The monoisotopic (exact) mass is 393 g/mol. The Labute approximate surface area is 164 Å². The number of rotatable bonds is 6. The van der Waals surface area contributed by atoms with Crippen molar-refractivity contribution < 1.29 is 4.79 Å². The lowest BCUT2D eigenvalue weighted by Crippen LogP contribution is -2.45. The summed E-state index contributed by atoms with van der Waals surface area (Å²) in [5, 5.41) is 11.6. The molecule has 0 fully saturated rings. The summed E-state index contributed by atoms with van der Waals surface area (Å²) >= 11 is 6.84. The van der Waals surface area contributed by atoms with Gasteiger partial charge in [-0.3, -0.25) is 9.69 Å². The zero-order valence-electron chi connectivity index (χ0n) is 16.2. The number of aryl methyl sites for hydroxylation is 2. The van der Waals surface area contributed by atoms with Crippen molar-refractivity contribution in [3.8, 4) is 0 Å². The summed E-state index contributed by atoms with van der Waals surface area (Å²) < 4.78 is 2.40. The summed E-state index contributed by atoms with van der Waals surface area (Å²) in [6.45, 7) is 10.8. The Balaban J connectivity index is 2.01. The maximum Gasteiger partial charge on any atom is 0.234 e. The van der Waals surface area contributed by atoms with Crippen LogP contribution in [0.2, 0.25) is 0 Å². The van der Waals surface area contributed by atoms with Crippen LogP contribution in [0.3, 0.4) is 0 Å². The van der Waals surface area contributed by atoms with Crippen LogP contribution in [-0.2, 0) is 11.5 Å². The number of likely N-dealkylation sites (N-methyl/N-ethyl adjacent to an activating group) is 1. The Hall–Kier alpha value is -1.77. The van der Waals surface area contributed by atoms with Crippen LogP contribution in [0.4, 0.5) is 10.8 Å². The van der Waals surface area contributed by atoms with Crippen LogP contribution in [0.5, 0.6) is 0 Å². The molecule has 1 amide bonds. The van der Waals surface area contributed by atoms with Gasteiger partial charge in [-0.15, -0.1) is 5.10 Å². The summed E-state index contributed by atoms with van der Waals surface area (Å²) in [7, 11) is 1.88. The zero-order chi connectivity index (χ0) is 19.5. The molecule has 2 N–H and O–H groups in total. The number of hydrogen-bond acceptors (Lipinski definition) is 6. The van der Waals surface area contributed by atoms with Crippen LogP contribution in [0, 0.1) is 17.8 Å². The second kappa shape index (κ2) is 8.28. The van der Waals surface area contributed by atoms with E-state index in [1.54, 1.807) is 4.68 Å². The molecular formula is C18H27N5OS2. The molecule has 0 saturated heterocycles. The highest BCUT2D eigenvalue weighted by molar-refractivity contribution is 7.73. The molecule has 142 valence electrons. The minimum absolute atomic E-state index is 0.0182. The Morgan fingerprint density at radius 1 is 1.35 bits per heavy atom. The summed E-state index contributed by atoms with van der Waals surface area (Å²) in [4.78, 5) is 13.9. The molecule has 0 radical (unpaired) electrons. The third kappa shape index (κ3) is 6.19. The van der Waals surface area contributed by atoms with E-state index >= 15 is 0 Å². The van der Waals surface area contributed by atoms with Gasteiger partial charge in [0.2, 0.25) is 11.0 Å². The highest BCUT2D eigenvalue weighted by atomic mass is 32.1. The fourth-order valence-electron chi connectivity index (χ4n) is 2.50. The minimum atomic E-state index is -0.238. The Morgan fingerprint density at radius 3 is 2.65 bits per heavy atom. The maximum absolute atomic E-state index is 12.0. The van der Waals surface area contributed by atoms with Crippen LogP contribution >= 0.6 is 23.6 Å². The standard InChI is InChI=1S/C18H27N5OS2/c1-12-7-8-14(13(2)9-12)19-16-21-23(17(25)26-16)11-22(6)10-15(24)20-18(3,4)5/h7-9H,10-11H2,1-6H3,(H,19,21)(H,20,24). The van der Waals surface area contributed by atoms with Crippen LogP contribution in [0.15, 0.2) is 18.2 Å². The van der Waals surface area contributed by atoms with Crippen LogP contribution in [0.25, 0.3) is 0 Å². The first-order valence-corrected chi connectivity index (χ1v) is 9.68. The molecule has 26 heavy (non-hydrogen) atoms. The van der Waals surface area contributed by atoms with Crippen molar-refractivity contribution in [2.24, 2.45) is 0 Å². The molecule has 0 spiro atoms. The van der Waals surface area contributed by atoms with Gasteiger partial charge >= 0.3 is 0 Å². The highest BCUT2D eigenvalue weighted by Crippen LogP contribution is 2.23. The molecule has 2 rings (SSSR count). The van der Waals surface area contributed by atoms with E-state index in [1.807, 2.05) is 38.8 Å². The quantitative estimate of drug-likeness (QED) is 0.730. The fraction of sp³-hybridized carbons (Fsp3) is 0.500. The molecule has 0 unspecified atom stereocenters. The van der Waals surface area contributed by atoms with Crippen LogP contribution in [0.1, 0.15) is 31.9 Å². The number of carbonyl (C=O) groups excluding carboxylic acids is 1. The Morgan fingerprint density at radius 2 is 2.04 bits per heavy atom. The van der Waals surface area contributed by atoms with Gasteiger partial charge in [-0.1, -0.05) is 29.0 Å². The van der Waals surface area contributed by atoms with Crippen molar-refractivity contribution in [2.45, 2.75) is 46.8 Å². The van der Waals surface area contributed by atoms with Crippen molar-refractivity contribution in [1.82, 2.24) is 20.0 Å². The molecule has 0 bridgehead atoms.